The highest BCUT2D eigenvalue weighted by Crippen LogP contribution is 2.36. The highest BCUT2D eigenvalue weighted by atomic mass is 16.5. The number of ether oxygens (including phenoxy) is 1. The van der Waals surface area contributed by atoms with Crippen LogP contribution >= 0.6 is 0 Å². The second kappa shape index (κ2) is 5.60. The minimum Gasteiger partial charge on any atom is -0.426 e. The highest BCUT2D eigenvalue weighted by Gasteiger charge is 2.30. The molecule has 0 fully saturated rings. The van der Waals surface area contributed by atoms with Crippen molar-refractivity contribution in [1.82, 2.24) is 9.55 Å². The molecule has 1 aromatic heterocycles. The molecule has 0 spiro atoms. The van der Waals surface area contributed by atoms with Gasteiger partial charge in [-0.3, -0.25) is 14.2 Å². The molecule has 4 rings (SSSR count). The highest BCUT2D eigenvalue weighted by molar-refractivity contribution is 5.92. The van der Waals surface area contributed by atoms with E-state index in [0.717, 1.165) is 22.4 Å². The molecule has 5 nitrogen and oxygen atoms in total. The van der Waals surface area contributed by atoms with E-state index in [2.05, 4.69) is 4.98 Å². The monoisotopic (exact) mass is 320 g/mol. The largest absolute Gasteiger partial charge is 0.426 e. The number of nitrogens with zero attached hydrogens (tertiary/aromatic N) is 2. The second-order valence-electron chi connectivity index (χ2n) is 5.98. The molecule has 0 aliphatic carbocycles. The normalized spacial score (nSPS) is 16.9. The molecule has 0 radical (unpaired) electrons. The van der Waals surface area contributed by atoms with Crippen molar-refractivity contribution in [1.29, 1.82) is 0 Å². The van der Waals surface area contributed by atoms with E-state index in [1.807, 2.05) is 42.5 Å². The van der Waals surface area contributed by atoms with Crippen LogP contribution in [0.25, 0.3) is 11.0 Å². The maximum atomic E-state index is 12.7. The molecule has 1 aliphatic rings. The average molecular weight is 320 g/mol. The minimum absolute atomic E-state index is 0.0209. The van der Waals surface area contributed by atoms with E-state index in [4.69, 9.17) is 4.74 Å². The second-order valence-corrected chi connectivity index (χ2v) is 5.98. The lowest BCUT2D eigenvalue weighted by Crippen LogP contribution is -2.25. The zero-order valence-electron chi connectivity index (χ0n) is 13.2. The van der Waals surface area contributed by atoms with Crippen LogP contribution in [-0.4, -0.2) is 21.4 Å². The van der Waals surface area contributed by atoms with E-state index in [1.165, 1.54) is 6.92 Å². The standard InChI is InChI=1S/C19H16N2O3/c1-12(22)24-17-9-5-2-6-14(17)13-10-18-20-15-7-3-4-8-16(15)21(18)19(23)11-13/h2-9,13H,10-11H2,1H3. The number of hydrogen-bond acceptors (Lipinski definition) is 4. The quantitative estimate of drug-likeness (QED) is 0.537. The van der Waals surface area contributed by atoms with Gasteiger partial charge in [0, 0.05) is 25.7 Å². The van der Waals surface area contributed by atoms with Gasteiger partial charge in [0.1, 0.15) is 11.6 Å². The zero-order chi connectivity index (χ0) is 16.7. The van der Waals surface area contributed by atoms with Gasteiger partial charge in [0.05, 0.1) is 11.0 Å². The molecule has 1 atom stereocenters. The molecule has 3 aromatic rings. The third-order valence-electron chi connectivity index (χ3n) is 4.34. The maximum absolute atomic E-state index is 12.7. The fourth-order valence-corrected chi connectivity index (χ4v) is 3.37. The van der Waals surface area contributed by atoms with Crippen molar-refractivity contribution in [2.24, 2.45) is 0 Å². The van der Waals surface area contributed by atoms with E-state index >= 15 is 0 Å². The van der Waals surface area contributed by atoms with Gasteiger partial charge >= 0.3 is 5.97 Å². The molecular weight excluding hydrogens is 304 g/mol. The summed E-state index contributed by atoms with van der Waals surface area (Å²) in [7, 11) is 0. The number of benzene rings is 2. The molecule has 120 valence electrons. The first-order valence-corrected chi connectivity index (χ1v) is 7.90. The van der Waals surface area contributed by atoms with E-state index in [1.54, 1.807) is 10.6 Å². The van der Waals surface area contributed by atoms with E-state index in [0.29, 0.717) is 18.6 Å². The average Bonchev–Trinajstić information content (AvgIpc) is 2.93. The van der Waals surface area contributed by atoms with Crippen molar-refractivity contribution in [3.05, 3.63) is 59.9 Å². The third-order valence-corrected chi connectivity index (χ3v) is 4.34. The van der Waals surface area contributed by atoms with E-state index in [-0.39, 0.29) is 17.8 Å². The maximum Gasteiger partial charge on any atom is 0.308 e. The SMILES string of the molecule is CC(=O)Oc1ccccc1C1CC(=O)n2c(nc3ccccc32)C1. The molecule has 0 N–H and O–H groups in total. The topological polar surface area (TPSA) is 61.2 Å². The van der Waals surface area contributed by atoms with Gasteiger partial charge < -0.3 is 4.74 Å². The number of fused-ring (bicyclic) bond motifs is 3. The Morgan fingerprint density at radius 3 is 2.71 bits per heavy atom. The number of hydrogen-bond donors (Lipinski definition) is 0. The summed E-state index contributed by atoms with van der Waals surface area (Å²) in [5.41, 5.74) is 2.55. The Morgan fingerprint density at radius 2 is 1.88 bits per heavy atom. The lowest BCUT2D eigenvalue weighted by molar-refractivity contribution is -0.131. The number of rotatable bonds is 2. The molecular formula is C19H16N2O3. The summed E-state index contributed by atoms with van der Waals surface area (Å²) in [6, 6.07) is 15.0. The van der Waals surface area contributed by atoms with Crippen LogP contribution in [0.4, 0.5) is 0 Å². The van der Waals surface area contributed by atoms with Gasteiger partial charge in [0.15, 0.2) is 0 Å². The van der Waals surface area contributed by atoms with Crippen molar-refractivity contribution in [3.63, 3.8) is 0 Å². The molecule has 0 amide bonds. The Morgan fingerprint density at radius 1 is 1.12 bits per heavy atom. The first kappa shape index (κ1) is 14.6. The van der Waals surface area contributed by atoms with Crippen molar-refractivity contribution in [3.8, 4) is 5.75 Å². The molecule has 5 heteroatoms. The first-order valence-electron chi connectivity index (χ1n) is 7.90. The zero-order valence-corrected chi connectivity index (χ0v) is 13.2. The lowest BCUT2D eigenvalue weighted by atomic mass is 9.89. The van der Waals surface area contributed by atoms with Crippen LogP contribution in [-0.2, 0) is 11.2 Å². The molecule has 2 aromatic carbocycles. The van der Waals surface area contributed by atoms with Gasteiger partial charge in [-0.25, -0.2) is 4.98 Å². The molecule has 1 aliphatic heterocycles. The number of para-hydroxylation sites is 3. The van der Waals surface area contributed by atoms with Crippen LogP contribution in [0.5, 0.6) is 5.75 Å². The summed E-state index contributed by atoms with van der Waals surface area (Å²) in [6.45, 7) is 1.38. The Labute approximate surface area is 138 Å². The molecule has 0 saturated heterocycles. The van der Waals surface area contributed by atoms with E-state index in [9.17, 15) is 9.59 Å². The minimum atomic E-state index is -0.364. The van der Waals surface area contributed by atoms with Crippen molar-refractivity contribution < 1.29 is 14.3 Å². The first-order chi connectivity index (χ1) is 11.6. The Kier molecular flexibility index (Phi) is 3.41. The Bertz CT molecular complexity index is 958. The van der Waals surface area contributed by atoms with Gasteiger partial charge in [0.2, 0.25) is 5.91 Å². The van der Waals surface area contributed by atoms with Crippen LogP contribution in [0.2, 0.25) is 0 Å². The fourth-order valence-electron chi connectivity index (χ4n) is 3.37. The Balaban J connectivity index is 1.76. The lowest BCUT2D eigenvalue weighted by Gasteiger charge is -2.24. The smallest absolute Gasteiger partial charge is 0.308 e. The van der Waals surface area contributed by atoms with Gasteiger partial charge in [-0.1, -0.05) is 30.3 Å². The van der Waals surface area contributed by atoms with Gasteiger partial charge in [-0.2, -0.15) is 0 Å². The summed E-state index contributed by atoms with van der Waals surface area (Å²) in [5.74, 6) is 0.893. The van der Waals surface area contributed by atoms with Crippen LogP contribution in [0.3, 0.4) is 0 Å². The summed E-state index contributed by atoms with van der Waals surface area (Å²) in [4.78, 5) is 28.6. The molecule has 0 saturated carbocycles. The Hall–Kier alpha value is -2.95. The number of esters is 1. The van der Waals surface area contributed by atoms with Crippen LogP contribution in [0.15, 0.2) is 48.5 Å². The van der Waals surface area contributed by atoms with Crippen molar-refractivity contribution in [2.75, 3.05) is 0 Å². The fraction of sp³-hybridized carbons (Fsp3) is 0.211. The summed E-state index contributed by atoms with van der Waals surface area (Å²) in [6.07, 6.45) is 1.00. The van der Waals surface area contributed by atoms with Gasteiger partial charge in [0.25, 0.3) is 0 Å². The predicted octanol–water partition coefficient (Wildman–Crippen LogP) is 3.33. The van der Waals surface area contributed by atoms with E-state index < -0.39 is 0 Å². The molecule has 1 unspecified atom stereocenters. The van der Waals surface area contributed by atoms with Crippen molar-refractivity contribution >= 4 is 22.9 Å². The van der Waals surface area contributed by atoms with Crippen LogP contribution in [0, 0.1) is 0 Å². The summed E-state index contributed by atoms with van der Waals surface area (Å²) < 4.78 is 7.01. The van der Waals surface area contributed by atoms with Gasteiger partial charge in [-0.15, -0.1) is 0 Å². The number of carbonyl (C=O) groups excluding carboxylic acids is 2. The number of imidazole rings is 1. The number of carbonyl (C=O) groups is 2. The van der Waals surface area contributed by atoms with Crippen molar-refractivity contribution in [2.45, 2.75) is 25.7 Å². The summed E-state index contributed by atoms with van der Waals surface area (Å²) >= 11 is 0. The molecule has 24 heavy (non-hydrogen) atoms. The molecule has 0 bridgehead atoms. The molecule has 2 heterocycles. The number of aromatic nitrogens is 2. The third kappa shape index (κ3) is 2.38. The van der Waals surface area contributed by atoms with Crippen LogP contribution < -0.4 is 4.74 Å². The predicted molar refractivity (Wildman–Crippen MR) is 89.2 cm³/mol. The summed E-state index contributed by atoms with van der Waals surface area (Å²) in [5, 5.41) is 0. The van der Waals surface area contributed by atoms with Gasteiger partial charge in [-0.05, 0) is 23.8 Å². The van der Waals surface area contributed by atoms with Crippen LogP contribution in [0.1, 0.15) is 35.4 Å².